The fourth-order valence-corrected chi connectivity index (χ4v) is 5.49. The molecule has 0 unspecified atom stereocenters. The minimum atomic E-state index is -4.00. The largest absolute Gasteiger partial charge is 0.358 e. The van der Waals surface area contributed by atoms with Crippen molar-refractivity contribution in [2.75, 3.05) is 4.72 Å². The Morgan fingerprint density at radius 3 is 2.59 bits per heavy atom. The lowest BCUT2D eigenvalue weighted by Crippen LogP contribution is -2.26. The number of aryl methyl sites for hydroxylation is 1. The molecule has 1 heterocycles. The van der Waals surface area contributed by atoms with Crippen molar-refractivity contribution in [1.82, 2.24) is 4.98 Å². The summed E-state index contributed by atoms with van der Waals surface area (Å²) >= 11 is 0. The Kier molecular flexibility index (Phi) is 4.53. The summed E-state index contributed by atoms with van der Waals surface area (Å²) in [7, 11) is -4.00. The highest BCUT2D eigenvalue weighted by molar-refractivity contribution is 7.92. The number of H-pyrrole nitrogens is 1. The van der Waals surface area contributed by atoms with Crippen LogP contribution >= 0.6 is 0 Å². The van der Waals surface area contributed by atoms with E-state index in [-0.39, 0.29) is 21.8 Å². The third-order valence-corrected chi connectivity index (χ3v) is 6.87. The second-order valence-electron chi connectivity index (χ2n) is 8.36. The first-order valence-electron chi connectivity index (χ1n) is 9.59. The maximum atomic E-state index is 14.0. The number of fused-ring (bicyclic) bond motifs is 3. The van der Waals surface area contributed by atoms with Crippen molar-refractivity contribution in [3.63, 3.8) is 0 Å². The fourth-order valence-electron chi connectivity index (χ4n) is 4.11. The zero-order chi connectivity index (χ0) is 21.0. The molecule has 0 radical (unpaired) electrons. The van der Waals surface area contributed by atoms with E-state index in [9.17, 15) is 17.6 Å². The van der Waals surface area contributed by atoms with Crippen LogP contribution in [0.25, 0.3) is 10.9 Å². The van der Waals surface area contributed by atoms with Crippen molar-refractivity contribution >= 4 is 32.4 Å². The highest BCUT2D eigenvalue weighted by Gasteiger charge is 2.34. The molecule has 7 heteroatoms. The van der Waals surface area contributed by atoms with Crippen molar-refractivity contribution in [2.24, 2.45) is 5.41 Å². The van der Waals surface area contributed by atoms with Gasteiger partial charge in [0.25, 0.3) is 10.0 Å². The molecule has 5 nitrogen and oxygen atoms in total. The number of carbonyl (C=O) groups excluding carboxylic acids is 1. The molecule has 1 aliphatic carbocycles. The van der Waals surface area contributed by atoms with E-state index in [2.05, 4.69) is 9.71 Å². The number of aromatic amines is 1. The summed E-state index contributed by atoms with van der Waals surface area (Å²) in [5, 5.41) is 0.752. The lowest BCUT2D eigenvalue weighted by molar-refractivity contribution is 0.0913. The highest BCUT2D eigenvalue weighted by atomic mass is 32.2. The minimum absolute atomic E-state index is 0.0737. The number of hydrogen-bond donors (Lipinski definition) is 2. The fraction of sp³-hybridized carbons (Fsp3) is 0.318. The molecule has 4 rings (SSSR count). The van der Waals surface area contributed by atoms with Crippen molar-refractivity contribution in [3.05, 3.63) is 59.0 Å². The molecule has 0 amide bonds. The number of para-hydroxylation sites is 1. The first kappa shape index (κ1) is 19.6. The second-order valence-corrected chi connectivity index (χ2v) is 10.0. The number of sulfonamides is 1. The van der Waals surface area contributed by atoms with Gasteiger partial charge in [0, 0.05) is 28.6 Å². The molecular formula is C22H23FN2O3S. The summed E-state index contributed by atoms with van der Waals surface area (Å²) < 4.78 is 42.4. The Hall–Kier alpha value is -2.67. The van der Waals surface area contributed by atoms with E-state index in [0.717, 1.165) is 17.5 Å². The average Bonchev–Trinajstić information content (AvgIpc) is 2.98. The zero-order valence-corrected chi connectivity index (χ0v) is 17.4. The van der Waals surface area contributed by atoms with E-state index in [1.165, 1.54) is 18.2 Å². The lowest BCUT2D eigenvalue weighted by Gasteiger charge is -2.28. The molecule has 0 aliphatic heterocycles. The van der Waals surface area contributed by atoms with E-state index < -0.39 is 15.8 Å². The van der Waals surface area contributed by atoms with Crippen LogP contribution < -0.4 is 4.72 Å². The van der Waals surface area contributed by atoms with Crippen molar-refractivity contribution < 1.29 is 17.6 Å². The summed E-state index contributed by atoms with van der Waals surface area (Å²) in [6.07, 6.45) is 1.65. The summed E-state index contributed by atoms with van der Waals surface area (Å²) in [6.45, 7) is 5.95. The van der Waals surface area contributed by atoms with Crippen LogP contribution in [0.5, 0.6) is 0 Å². The van der Waals surface area contributed by atoms with E-state index in [0.29, 0.717) is 29.5 Å². The lowest BCUT2D eigenvalue weighted by atomic mass is 9.76. The number of halogens is 1. The SMILES string of the molecule is CCc1cc2c3c([nH]c2cc1S(=O)(=O)Nc1ccccc1F)CC(C)(C)CC3=O. The summed E-state index contributed by atoms with van der Waals surface area (Å²) in [6, 6.07) is 8.97. The molecule has 0 fully saturated rings. The summed E-state index contributed by atoms with van der Waals surface area (Å²) in [5.74, 6) is -0.567. The van der Waals surface area contributed by atoms with Gasteiger partial charge < -0.3 is 4.98 Å². The Bertz CT molecular complexity index is 1240. The number of anilines is 1. The Labute approximate surface area is 169 Å². The van der Waals surface area contributed by atoms with Crippen LogP contribution in [0, 0.1) is 11.2 Å². The highest BCUT2D eigenvalue weighted by Crippen LogP contribution is 2.39. The van der Waals surface area contributed by atoms with E-state index in [1.54, 1.807) is 18.2 Å². The van der Waals surface area contributed by atoms with Gasteiger partial charge in [-0.3, -0.25) is 9.52 Å². The van der Waals surface area contributed by atoms with Crippen LogP contribution in [0.2, 0.25) is 0 Å². The predicted octanol–water partition coefficient (Wildman–Crippen LogP) is 4.83. The number of carbonyl (C=O) groups is 1. The molecule has 0 saturated carbocycles. The van der Waals surface area contributed by atoms with Gasteiger partial charge in [-0.25, -0.2) is 12.8 Å². The molecule has 1 aliphatic rings. The monoisotopic (exact) mass is 414 g/mol. The first-order valence-corrected chi connectivity index (χ1v) is 11.1. The van der Waals surface area contributed by atoms with E-state index in [4.69, 9.17) is 0 Å². The Morgan fingerprint density at radius 2 is 1.90 bits per heavy atom. The van der Waals surface area contributed by atoms with Gasteiger partial charge in [0.2, 0.25) is 0 Å². The molecule has 0 spiro atoms. The summed E-state index contributed by atoms with van der Waals surface area (Å²) in [4.78, 5) is 16.1. The van der Waals surface area contributed by atoms with Crippen LogP contribution in [0.4, 0.5) is 10.1 Å². The third kappa shape index (κ3) is 3.44. The quantitative estimate of drug-likeness (QED) is 0.642. The number of Topliss-reactive ketones (excluding diaryl/α,β-unsaturated/α-hetero) is 1. The third-order valence-electron chi connectivity index (χ3n) is 5.42. The van der Waals surface area contributed by atoms with Gasteiger partial charge in [-0.15, -0.1) is 0 Å². The van der Waals surface area contributed by atoms with Gasteiger partial charge in [-0.1, -0.05) is 32.9 Å². The molecule has 29 heavy (non-hydrogen) atoms. The van der Waals surface area contributed by atoms with Crippen molar-refractivity contribution in [1.29, 1.82) is 0 Å². The normalized spacial score (nSPS) is 16.1. The number of benzene rings is 2. The Balaban J connectivity index is 1.86. The molecule has 152 valence electrons. The summed E-state index contributed by atoms with van der Waals surface area (Å²) in [5.41, 5.74) is 2.46. The van der Waals surface area contributed by atoms with Crippen LogP contribution in [0.15, 0.2) is 41.3 Å². The molecule has 0 atom stereocenters. The van der Waals surface area contributed by atoms with Gasteiger partial charge >= 0.3 is 0 Å². The van der Waals surface area contributed by atoms with Gasteiger partial charge in [-0.05, 0) is 48.1 Å². The number of nitrogens with one attached hydrogen (secondary N) is 2. The number of aromatic nitrogens is 1. The number of rotatable bonds is 4. The minimum Gasteiger partial charge on any atom is -0.358 e. The second kappa shape index (κ2) is 6.69. The molecule has 0 saturated heterocycles. The molecule has 0 bridgehead atoms. The topological polar surface area (TPSA) is 79.0 Å². The number of hydrogen-bond acceptors (Lipinski definition) is 3. The van der Waals surface area contributed by atoms with Crippen LogP contribution in [0.1, 0.15) is 48.8 Å². The smallest absolute Gasteiger partial charge is 0.262 e. The standard InChI is InChI=1S/C22H23FN2O3S/c1-4-13-9-14-17(24-18-11-22(2,3)12-19(26)21(14)18)10-20(13)29(27,28)25-16-8-6-5-7-15(16)23/h5-10,24-25H,4,11-12H2,1-3H3. The number of ketones is 1. The molecule has 2 aromatic carbocycles. The molecule has 3 aromatic rings. The predicted molar refractivity (Wildman–Crippen MR) is 111 cm³/mol. The van der Waals surface area contributed by atoms with Gasteiger partial charge in [0.1, 0.15) is 5.82 Å². The van der Waals surface area contributed by atoms with Crippen LogP contribution in [-0.2, 0) is 22.9 Å². The van der Waals surface area contributed by atoms with E-state index >= 15 is 0 Å². The zero-order valence-electron chi connectivity index (χ0n) is 16.6. The average molecular weight is 415 g/mol. The van der Waals surface area contributed by atoms with Crippen molar-refractivity contribution in [3.8, 4) is 0 Å². The maximum absolute atomic E-state index is 14.0. The molecular weight excluding hydrogens is 391 g/mol. The van der Waals surface area contributed by atoms with Gasteiger partial charge in [0.05, 0.1) is 10.6 Å². The van der Waals surface area contributed by atoms with Gasteiger partial charge in [-0.2, -0.15) is 0 Å². The van der Waals surface area contributed by atoms with Gasteiger partial charge in [0.15, 0.2) is 5.78 Å². The molecule has 2 N–H and O–H groups in total. The first-order chi connectivity index (χ1) is 13.6. The van der Waals surface area contributed by atoms with Crippen LogP contribution in [0.3, 0.4) is 0 Å². The van der Waals surface area contributed by atoms with Crippen molar-refractivity contribution in [2.45, 2.75) is 44.9 Å². The van der Waals surface area contributed by atoms with E-state index in [1.807, 2.05) is 20.8 Å². The Morgan fingerprint density at radius 1 is 1.17 bits per heavy atom. The van der Waals surface area contributed by atoms with Crippen LogP contribution in [-0.4, -0.2) is 19.2 Å². The maximum Gasteiger partial charge on any atom is 0.262 e. The molecule has 1 aromatic heterocycles.